The third kappa shape index (κ3) is 6.10. The number of carbonyl (C=O) groups excluding carboxylic acids is 1. The van der Waals surface area contributed by atoms with E-state index in [4.69, 9.17) is 11.1 Å². The molecule has 9 heteroatoms. The SMILES string of the molecule is CN(C)c1ccc([C@@H](Nc2ccc(C(=N)N)cc2)C(=O)NCCc2ccccc2)cc1[N+](=O)[O-]. The van der Waals surface area contributed by atoms with Gasteiger partial charge in [0.2, 0.25) is 5.91 Å². The molecule has 0 spiro atoms. The zero-order chi connectivity index (χ0) is 24.7. The first-order valence-electron chi connectivity index (χ1n) is 10.7. The van der Waals surface area contributed by atoms with Crippen LogP contribution in [-0.4, -0.2) is 37.3 Å². The number of amides is 1. The maximum absolute atomic E-state index is 13.2. The number of nitrogens with one attached hydrogen (secondary N) is 3. The summed E-state index contributed by atoms with van der Waals surface area (Å²) in [5.74, 6) is -0.366. The lowest BCUT2D eigenvalue weighted by Crippen LogP contribution is -2.34. The van der Waals surface area contributed by atoms with Gasteiger partial charge in [0.15, 0.2) is 0 Å². The minimum absolute atomic E-state index is 0.0587. The predicted molar refractivity (Wildman–Crippen MR) is 134 cm³/mol. The van der Waals surface area contributed by atoms with Gasteiger partial charge in [-0.05, 0) is 47.9 Å². The lowest BCUT2D eigenvalue weighted by Gasteiger charge is -2.21. The Morgan fingerprint density at radius 3 is 2.35 bits per heavy atom. The second-order valence-electron chi connectivity index (χ2n) is 7.99. The van der Waals surface area contributed by atoms with Gasteiger partial charge in [-0.25, -0.2) is 0 Å². The highest BCUT2D eigenvalue weighted by Gasteiger charge is 2.25. The van der Waals surface area contributed by atoms with Crippen LogP contribution < -0.4 is 21.3 Å². The Bertz CT molecular complexity index is 1160. The third-order valence-corrected chi connectivity index (χ3v) is 5.34. The summed E-state index contributed by atoms with van der Waals surface area (Å²) in [6, 6.07) is 20.5. The molecular formula is C25H28N6O3. The van der Waals surface area contributed by atoms with Crippen molar-refractivity contribution in [3.05, 3.63) is 99.6 Å². The van der Waals surface area contributed by atoms with Crippen LogP contribution in [0.5, 0.6) is 0 Å². The lowest BCUT2D eigenvalue weighted by atomic mass is 10.0. The van der Waals surface area contributed by atoms with Crippen molar-refractivity contribution in [2.45, 2.75) is 12.5 Å². The minimum atomic E-state index is -0.867. The van der Waals surface area contributed by atoms with Gasteiger partial charge in [0, 0.05) is 38.0 Å². The summed E-state index contributed by atoms with van der Waals surface area (Å²) >= 11 is 0. The Kier molecular flexibility index (Phi) is 7.81. The first-order chi connectivity index (χ1) is 16.3. The molecule has 0 heterocycles. The number of nitrogens with two attached hydrogens (primary N) is 1. The second-order valence-corrected chi connectivity index (χ2v) is 7.99. The fourth-order valence-electron chi connectivity index (χ4n) is 3.53. The van der Waals surface area contributed by atoms with E-state index in [-0.39, 0.29) is 17.4 Å². The van der Waals surface area contributed by atoms with Gasteiger partial charge >= 0.3 is 0 Å². The van der Waals surface area contributed by atoms with Gasteiger partial charge in [0.05, 0.1) is 4.92 Å². The summed E-state index contributed by atoms with van der Waals surface area (Å²) in [6.45, 7) is 0.419. The maximum atomic E-state index is 13.2. The number of carbonyl (C=O) groups is 1. The molecule has 0 radical (unpaired) electrons. The normalized spacial score (nSPS) is 11.4. The fraction of sp³-hybridized carbons (Fsp3) is 0.200. The van der Waals surface area contributed by atoms with Crippen molar-refractivity contribution < 1.29 is 9.72 Å². The molecule has 0 saturated carbocycles. The van der Waals surface area contributed by atoms with Crippen LogP contribution >= 0.6 is 0 Å². The van der Waals surface area contributed by atoms with E-state index >= 15 is 0 Å². The third-order valence-electron chi connectivity index (χ3n) is 5.34. The van der Waals surface area contributed by atoms with E-state index in [9.17, 15) is 14.9 Å². The fourth-order valence-corrected chi connectivity index (χ4v) is 3.53. The molecule has 1 atom stereocenters. The molecule has 0 unspecified atom stereocenters. The van der Waals surface area contributed by atoms with E-state index in [0.717, 1.165) is 5.56 Å². The summed E-state index contributed by atoms with van der Waals surface area (Å²) in [5, 5.41) is 25.3. The highest BCUT2D eigenvalue weighted by atomic mass is 16.6. The number of amidine groups is 1. The number of nitro groups is 1. The molecule has 34 heavy (non-hydrogen) atoms. The van der Waals surface area contributed by atoms with Crippen LogP contribution in [0.4, 0.5) is 17.1 Å². The minimum Gasteiger partial charge on any atom is -0.384 e. The van der Waals surface area contributed by atoms with Gasteiger partial charge in [0.25, 0.3) is 5.69 Å². The molecule has 0 bridgehead atoms. The first-order valence-corrected chi connectivity index (χ1v) is 10.7. The molecule has 1 amide bonds. The van der Waals surface area contributed by atoms with Gasteiger partial charge in [-0.1, -0.05) is 36.4 Å². The summed E-state index contributed by atoms with van der Waals surface area (Å²) in [4.78, 5) is 26.1. The van der Waals surface area contributed by atoms with Crippen molar-refractivity contribution in [2.75, 3.05) is 30.9 Å². The number of hydrogen-bond acceptors (Lipinski definition) is 6. The van der Waals surface area contributed by atoms with E-state index < -0.39 is 11.0 Å². The van der Waals surface area contributed by atoms with Crippen molar-refractivity contribution >= 4 is 28.8 Å². The van der Waals surface area contributed by atoms with Crippen molar-refractivity contribution in [1.29, 1.82) is 5.41 Å². The molecule has 9 nitrogen and oxygen atoms in total. The Hall–Kier alpha value is -4.40. The number of hydrogen-bond donors (Lipinski definition) is 4. The highest BCUT2D eigenvalue weighted by Crippen LogP contribution is 2.31. The number of nitrogens with zero attached hydrogens (tertiary/aromatic N) is 2. The van der Waals surface area contributed by atoms with Crippen LogP contribution in [0.15, 0.2) is 72.8 Å². The lowest BCUT2D eigenvalue weighted by molar-refractivity contribution is -0.384. The molecule has 0 aromatic heterocycles. The number of anilines is 2. The zero-order valence-electron chi connectivity index (χ0n) is 19.1. The van der Waals surface area contributed by atoms with Crippen LogP contribution in [-0.2, 0) is 11.2 Å². The molecule has 0 aliphatic heterocycles. The highest BCUT2D eigenvalue weighted by molar-refractivity contribution is 5.95. The summed E-state index contributed by atoms with van der Waals surface area (Å²) in [5.41, 5.74) is 8.62. The van der Waals surface area contributed by atoms with Gasteiger partial charge in [-0.15, -0.1) is 0 Å². The summed E-state index contributed by atoms with van der Waals surface area (Å²) < 4.78 is 0. The summed E-state index contributed by atoms with van der Waals surface area (Å²) in [7, 11) is 3.45. The Labute approximate surface area is 198 Å². The van der Waals surface area contributed by atoms with Crippen molar-refractivity contribution in [3.8, 4) is 0 Å². The van der Waals surface area contributed by atoms with E-state index in [1.807, 2.05) is 30.3 Å². The van der Waals surface area contributed by atoms with Crippen molar-refractivity contribution in [2.24, 2.45) is 5.73 Å². The van der Waals surface area contributed by atoms with Gasteiger partial charge < -0.3 is 21.3 Å². The molecule has 0 fully saturated rings. The number of benzene rings is 3. The number of rotatable bonds is 10. The van der Waals surface area contributed by atoms with E-state index in [1.54, 1.807) is 55.4 Å². The van der Waals surface area contributed by atoms with Crippen LogP contribution in [0.25, 0.3) is 0 Å². The molecule has 176 valence electrons. The van der Waals surface area contributed by atoms with Gasteiger partial charge in [0.1, 0.15) is 17.6 Å². The van der Waals surface area contributed by atoms with Crippen LogP contribution in [0.1, 0.15) is 22.7 Å². The number of nitrogen functional groups attached to an aromatic ring is 1. The molecule has 3 aromatic rings. The van der Waals surface area contributed by atoms with Crippen molar-refractivity contribution in [1.82, 2.24) is 5.32 Å². The monoisotopic (exact) mass is 460 g/mol. The Morgan fingerprint density at radius 2 is 1.76 bits per heavy atom. The standard InChI is InChI=1S/C25H28N6O3/c1-30(2)21-13-10-19(16-22(21)31(33)34)23(29-20-11-8-18(9-12-20)24(26)27)25(32)28-15-14-17-6-4-3-5-7-17/h3-13,16,23,29H,14-15H2,1-2H3,(H3,26,27)(H,28,32)/t23-/m1/s1. The second kappa shape index (κ2) is 11.0. The smallest absolute Gasteiger partial charge is 0.292 e. The first kappa shape index (κ1) is 24.2. The van der Waals surface area contributed by atoms with Crippen LogP contribution in [0.2, 0.25) is 0 Å². The molecule has 0 saturated heterocycles. The quantitative estimate of drug-likeness (QED) is 0.158. The van der Waals surface area contributed by atoms with Gasteiger partial charge in [-0.2, -0.15) is 0 Å². The molecule has 0 aliphatic rings. The van der Waals surface area contributed by atoms with Crippen LogP contribution in [0.3, 0.4) is 0 Å². The maximum Gasteiger partial charge on any atom is 0.292 e. The van der Waals surface area contributed by atoms with E-state index in [2.05, 4.69) is 10.6 Å². The summed E-state index contributed by atoms with van der Waals surface area (Å²) in [6.07, 6.45) is 0.659. The Morgan fingerprint density at radius 1 is 1.09 bits per heavy atom. The number of nitro benzene ring substituents is 1. The Balaban J connectivity index is 1.87. The molecule has 3 rings (SSSR count). The predicted octanol–water partition coefficient (Wildman–Crippen LogP) is 3.46. The zero-order valence-corrected chi connectivity index (χ0v) is 19.1. The molecule has 5 N–H and O–H groups in total. The van der Waals surface area contributed by atoms with Crippen molar-refractivity contribution in [3.63, 3.8) is 0 Å². The average molecular weight is 461 g/mol. The average Bonchev–Trinajstić information content (AvgIpc) is 2.83. The topological polar surface area (TPSA) is 137 Å². The molecule has 0 aliphatic carbocycles. The molecular weight excluding hydrogens is 432 g/mol. The van der Waals surface area contributed by atoms with E-state index in [1.165, 1.54) is 6.07 Å². The largest absolute Gasteiger partial charge is 0.384 e. The van der Waals surface area contributed by atoms with Crippen LogP contribution in [0, 0.1) is 15.5 Å². The van der Waals surface area contributed by atoms with Gasteiger partial charge in [-0.3, -0.25) is 20.3 Å². The molecule has 3 aromatic carbocycles. The van der Waals surface area contributed by atoms with E-state index in [0.29, 0.717) is 35.5 Å².